The van der Waals surface area contributed by atoms with Crippen LogP contribution >= 0.6 is 0 Å². The van der Waals surface area contributed by atoms with Gasteiger partial charge in [0.25, 0.3) is 0 Å². The van der Waals surface area contributed by atoms with Crippen LogP contribution in [0.2, 0.25) is 0 Å². The summed E-state index contributed by atoms with van der Waals surface area (Å²) < 4.78 is 0. The van der Waals surface area contributed by atoms with Crippen molar-refractivity contribution in [1.82, 2.24) is 9.97 Å². The molecule has 2 heteroatoms. The smallest absolute Gasteiger partial charge is 0.160 e. The number of rotatable bonds is 6. The molecule has 0 saturated carbocycles. The summed E-state index contributed by atoms with van der Waals surface area (Å²) in [4.78, 5) is 10.4. The maximum atomic E-state index is 5.25. The third kappa shape index (κ3) is 5.87. The Kier molecular flexibility index (Phi) is 8.20. The van der Waals surface area contributed by atoms with Gasteiger partial charge < -0.3 is 0 Å². The molecule has 9 aromatic carbocycles. The molecular weight excluding hydrogens is 713 g/mol. The Balaban J connectivity index is 1.03. The third-order valence-corrected chi connectivity index (χ3v) is 12.4. The van der Waals surface area contributed by atoms with Crippen LogP contribution in [0.15, 0.2) is 206 Å². The average Bonchev–Trinajstić information content (AvgIpc) is 3.54. The van der Waals surface area contributed by atoms with Crippen molar-refractivity contribution in [1.29, 1.82) is 0 Å². The highest BCUT2D eigenvalue weighted by molar-refractivity contribution is 6.12. The van der Waals surface area contributed by atoms with Crippen molar-refractivity contribution in [2.75, 3.05) is 0 Å². The molecule has 0 spiro atoms. The summed E-state index contributed by atoms with van der Waals surface area (Å²) in [6.07, 6.45) is 0. The van der Waals surface area contributed by atoms with Crippen molar-refractivity contribution >= 4 is 21.5 Å². The first kappa shape index (κ1) is 34.8. The van der Waals surface area contributed by atoms with Gasteiger partial charge in [-0.15, -0.1) is 0 Å². The zero-order valence-electron chi connectivity index (χ0n) is 33.0. The van der Waals surface area contributed by atoms with Crippen molar-refractivity contribution in [2.24, 2.45) is 0 Å². The van der Waals surface area contributed by atoms with Gasteiger partial charge in [-0.05, 0) is 89.3 Å². The summed E-state index contributed by atoms with van der Waals surface area (Å²) in [7, 11) is 0. The molecule has 1 aliphatic carbocycles. The molecule has 11 rings (SSSR count). The first-order valence-corrected chi connectivity index (χ1v) is 20.4. The number of hydrogen-bond acceptors (Lipinski definition) is 2. The minimum absolute atomic E-state index is 0.0579. The van der Waals surface area contributed by atoms with E-state index in [2.05, 4.69) is 202 Å². The fraction of sp³-hybridized carbons (Fsp3) is 0.0526. The molecule has 0 N–H and O–H groups in total. The van der Waals surface area contributed by atoms with E-state index in [1.165, 1.54) is 71.8 Å². The van der Waals surface area contributed by atoms with Crippen molar-refractivity contribution in [3.8, 4) is 78.4 Å². The fourth-order valence-corrected chi connectivity index (χ4v) is 9.33. The lowest BCUT2D eigenvalue weighted by atomic mass is 9.81. The van der Waals surface area contributed by atoms with Crippen LogP contribution in [0, 0.1) is 0 Å². The standard InChI is InChI=1S/C57H40N2/c1-57(2)52-24-14-13-23-49(52)50-30-29-41(35-53(50)57)42-31-32-47(44-20-10-9-19-43(42)44)48-33-34-51(46-22-12-11-21-45(46)48)55-36-54(58-56(59-55)40-17-7-4-8-18-40)39-27-25-38(26-28-39)37-15-5-3-6-16-37/h3-36H,1-2H3. The second-order valence-corrected chi connectivity index (χ2v) is 16.1. The fourth-order valence-electron chi connectivity index (χ4n) is 9.33. The van der Waals surface area contributed by atoms with Gasteiger partial charge in [0.05, 0.1) is 11.4 Å². The molecule has 1 aromatic heterocycles. The van der Waals surface area contributed by atoms with E-state index in [1.54, 1.807) is 0 Å². The van der Waals surface area contributed by atoms with Gasteiger partial charge in [0.2, 0.25) is 0 Å². The van der Waals surface area contributed by atoms with Gasteiger partial charge in [0.1, 0.15) is 0 Å². The second kappa shape index (κ2) is 13.9. The molecule has 0 atom stereocenters. The minimum atomic E-state index is -0.0579. The van der Waals surface area contributed by atoms with Crippen LogP contribution in [-0.4, -0.2) is 9.97 Å². The van der Waals surface area contributed by atoms with E-state index < -0.39 is 0 Å². The monoisotopic (exact) mass is 752 g/mol. The molecule has 1 heterocycles. The van der Waals surface area contributed by atoms with Gasteiger partial charge in [-0.25, -0.2) is 9.97 Å². The highest BCUT2D eigenvalue weighted by Crippen LogP contribution is 2.50. The lowest BCUT2D eigenvalue weighted by Crippen LogP contribution is -2.14. The van der Waals surface area contributed by atoms with Crippen LogP contribution in [-0.2, 0) is 5.41 Å². The van der Waals surface area contributed by atoms with E-state index in [0.29, 0.717) is 5.82 Å². The number of benzene rings is 9. The van der Waals surface area contributed by atoms with Crippen molar-refractivity contribution in [3.63, 3.8) is 0 Å². The first-order valence-electron chi connectivity index (χ1n) is 20.4. The Bertz CT molecular complexity index is 3220. The Hall–Kier alpha value is -7.42. The highest BCUT2D eigenvalue weighted by Gasteiger charge is 2.35. The minimum Gasteiger partial charge on any atom is -0.228 e. The molecule has 0 saturated heterocycles. The summed E-state index contributed by atoms with van der Waals surface area (Å²) in [5, 5.41) is 4.83. The molecule has 1 aliphatic rings. The van der Waals surface area contributed by atoms with Crippen molar-refractivity contribution in [3.05, 3.63) is 217 Å². The van der Waals surface area contributed by atoms with Gasteiger partial charge in [-0.3, -0.25) is 0 Å². The normalized spacial score (nSPS) is 12.7. The second-order valence-electron chi connectivity index (χ2n) is 16.1. The molecule has 0 fully saturated rings. The zero-order valence-corrected chi connectivity index (χ0v) is 33.0. The van der Waals surface area contributed by atoms with E-state index in [0.717, 1.165) is 33.5 Å². The van der Waals surface area contributed by atoms with Gasteiger partial charge in [-0.2, -0.15) is 0 Å². The summed E-state index contributed by atoms with van der Waals surface area (Å²) in [6.45, 7) is 4.71. The SMILES string of the molecule is CC1(C)c2ccccc2-c2ccc(-c3ccc(-c4ccc(-c5cc(-c6ccc(-c7ccccc7)cc6)nc(-c6ccccc6)n5)c5ccccc45)c4ccccc34)cc21. The Morgan fingerprint density at radius 2 is 0.729 bits per heavy atom. The predicted molar refractivity (Wildman–Crippen MR) is 247 cm³/mol. The summed E-state index contributed by atoms with van der Waals surface area (Å²) in [5.41, 5.74) is 17.6. The Morgan fingerprint density at radius 3 is 1.41 bits per heavy atom. The van der Waals surface area contributed by atoms with E-state index in [9.17, 15) is 0 Å². The van der Waals surface area contributed by atoms with Gasteiger partial charge >= 0.3 is 0 Å². The molecule has 59 heavy (non-hydrogen) atoms. The molecule has 10 aromatic rings. The van der Waals surface area contributed by atoms with E-state index >= 15 is 0 Å². The maximum Gasteiger partial charge on any atom is 0.160 e. The van der Waals surface area contributed by atoms with Crippen LogP contribution in [0.5, 0.6) is 0 Å². The zero-order chi connectivity index (χ0) is 39.5. The molecule has 278 valence electrons. The van der Waals surface area contributed by atoms with E-state index in [-0.39, 0.29) is 5.41 Å². The Labute approximate surface area is 345 Å². The number of nitrogens with zero attached hydrogens (tertiary/aromatic N) is 2. The van der Waals surface area contributed by atoms with Crippen LogP contribution < -0.4 is 0 Å². The number of aromatic nitrogens is 2. The van der Waals surface area contributed by atoms with Crippen LogP contribution in [0.3, 0.4) is 0 Å². The Morgan fingerprint density at radius 1 is 0.288 bits per heavy atom. The summed E-state index contributed by atoms with van der Waals surface area (Å²) in [5.74, 6) is 0.707. The molecular formula is C57H40N2. The summed E-state index contributed by atoms with van der Waals surface area (Å²) >= 11 is 0. The lowest BCUT2D eigenvalue weighted by molar-refractivity contribution is 0.660. The first-order chi connectivity index (χ1) is 29.0. The molecule has 0 aliphatic heterocycles. The summed E-state index contributed by atoms with van der Waals surface area (Å²) in [6, 6.07) is 74.4. The average molecular weight is 753 g/mol. The van der Waals surface area contributed by atoms with Crippen LogP contribution in [0.25, 0.3) is 100.0 Å². The van der Waals surface area contributed by atoms with Gasteiger partial charge in [-0.1, -0.05) is 208 Å². The van der Waals surface area contributed by atoms with E-state index in [4.69, 9.17) is 9.97 Å². The van der Waals surface area contributed by atoms with Crippen molar-refractivity contribution in [2.45, 2.75) is 19.3 Å². The molecule has 0 unspecified atom stereocenters. The maximum absolute atomic E-state index is 5.25. The predicted octanol–water partition coefficient (Wildman–Crippen LogP) is 15.1. The van der Waals surface area contributed by atoms with Gasteiger partial charge in [0, 0.05) is 22.1 Å². The number of fused-ring (bicyclic) bond motifs is 5. The highest BCUT2D eigenvalue weighted by atomic mass is 14.9. The quantitative estimate of drug-likeness (QED) is 0.169. The van der Waals surface area contributed by atoms with Gasteiger partial charge in [0.15, 0.2) is 5.82 Å². The largest absolute Gasteiger partial charge is 0.228 e. The molecule has 2 nitrogen and oxygen atoms in total. The molecule has 0 amide bonds. The molecule has 0 bridgehead atoms. The van der Waals surface area contributed by atoms with E-state index in [1.807, 2.05) is 18.2 Å². The van der Waals surface area contributed by atoms with Crippen LogP contribution in [0.1, 0.15) is 25.0 Å². The topological polar surface area (TPSA) is 25.8 Å². The lowest BCUT2D eigenvalue weighted by Gasteiger charge is -2.22. The molecule has 0 radical (unpaired) electrons. The van der Waals surface area contributed by atoms with Crippen LogP contribution in [0.4, 0.5) is 0 Å². The van der Waals surface area contributed by atoms with Crippen molar-refractivity contribution < 1.29 is 0 Å². The third-order valence-electron chi connectivity index (χ3n) is 12.4. The number of hydrogen-bond donors (Lipinski definition) is 0.